The van der Waals surface area contributed by atoms with Gasteiger partial charge in [-0.1, -0.05) is 39.1 Å². The molecule has 0 bridgehead atoms. The van der Waals surface area contributed by atoms with Crippen molar-refractivity contribution in [3.8, 4) is 0 Å². The Morgan fingerprint density at radius 3 is 2.80 bits per heavy atom. The quantitative estimate of drug-likeness (QED) is 0.546. The van der Waals surface area contributed by atoms with Crippen molar-refractivity contribution in [2.24, 2.45) is 5.92 Å². The number of rotatable bonds is 4. The Balaban J connectivity index is 1.80. The molecule has 2 unspecified atom stereocenters. The van der Waals surface area contributed by atoms with Gasteiger partial charge in [-0.25, -0.2) is 4.79 Å². The van der Waals surface area contributed by atoms with E-state index in [1.165, 1.54) is 0 Å². The fourth-order valence-electron chi connectivity index (χ4n) is 2.64. The van der Waals surface area contributed by atoms with Crippen LogP contribution >= 0.6 is 39.1 Å². The van der Waals surface area contributed by atoms with Gasteiger partial charge in [0.05, 0.1) is 22.3 Å². The maximum atomic E-state index is 12.1. The molecule has 1 amide bonds. The van der Waals surface area contributed by atoms with Crippen molar-refractivity contribution in [3.63, 3.8) is 0 Å². The third kappa shape index (κ3) is 4.45. The average molecular weight is 451 g/mol. The molecule has 0 saturated heterocycles. The van der Waals surface area contributed by atoms with E-state index in [0.717, 1.165) is 22.8 Å². The van der Waals surface area contributed by atoms with Crippen molar-refractivity contribution < 1.29 is 18.8 Å². The number of carbonyl (C=O) groups is 1. The number of hydrogen-bond donors (Lipinski definition) is 1. The maximum Gasteiger partial charge on any atom is 0.496 e. The highest BCUT2D eigenvalue weighted by molar-refractivity contribution is 9.09. The Kier molecular flexibility index (Phi) is 5.62. The summed E-state index contributed by atoms with van der Waals surface area (Å²) in [4.78, 5) is 12.1. The van der Waals surface area contributed by atoms with Crippen LogP contribution in [-0.2, 0) is 20.7 Å². The highest BCUT2D eigenvalue weighted by Crippen LogP contribution is 2.38. The Bertz CT molecular complexity index is 698. The average Bonchev–Trinajstić information content (AvgIpc) is 3.13. The van der Waals surface area contributed by atoms with Crippen molar-refractivity contribution in [1.82, 2.24) is 0 Å². The SMILES string of the molecule is CC(C)(C)OC(=O)Nc1c(Cl)cc2c(c1Cl)B(OC1CC1CBr)OC2. The first-order valence-corrected chi connectivity index (χ1v) is 9.91. The van der Waals surface area contributed by atoms with Crippen LogP contribution in [0.3, 0.4) is 0 Å². The van der Waals surface area contributed by atoms with E-state index in [4.69, 9.17) is 37.2 Å². The molecule has 1 heterocycles. The summed E-state index contributed by atoms with van der Waals surface area (Å²) in [5, 5.41) is 4.19. The van der Waals surface area contributed by atoms with E-state index >= 15 is 0 Å². The first-order valence-electron chi connectivity index (χ1n) is 8.03. The molecule has 0 aromatic heterocycles. The monoisotopic (exact) mass is 449 g/mol. The summed E-state index contributed by atoms with van der Waals surface area (Å²) in [6.07, 6.45) is 0.535. The first kappa shape index (κ1) is 19.3. The molecule has 3 rings (SSSR count). The molecule has 2 aliphatic rings. The largest absolute Gasteiger partial charge is 0.496 e. The smallest absolute Gasteiger partial charge is 0.444 e. The number of benzene rings is 1. The third-order valence-electron chi connectivity index (χ3n) is 3.95. The number of alkyl halides is 1. The number of fused-ring (bicyclic) bond motifs is 1. The molecular formula is C16H19BBrCl2NO4. The molecule has 25 heavy (non-hydrogen) atoms. The number of anilines is 1. The van der Waals surface area contributed by atoms with Crippen LogP contribution in [0.4, 0.5) is 10.5 Å². The minimum absolute atomic E-state index is 0.157. The lowest BCUT2D eigenvalue weighted by atomic mass is 9.78. The van der Waals surface area contributed by atoms with Gasteiger partial charge in [0.15, 0.2) is 0 Å². The zero-order valence-corrected chi connectivity index (χ0v) is 17.3. The molecule has 1 N–H and O–H groups in total. The third-order valence-corrected chi connectivity index (χ3v) is 5.47. The van der Waals surface area contributed by atoms with Crippen molar-refractivity contribution >= 4 is 63.5 Å². The lowest BCUT2D eigenvalue weighted by molar-refractivity contribution is 0.0636. The van der Waals surface area contributed by atoms with Crippen molar-refractivity contribution in [3.05, 3.63) is 21.7 Å². The Labute approximate surface area is 165 Å². The molecule has 0 radical (unpaired) electrons. The highest BCUT2D eigenvalue weighted by atomic mass is 79.9. The van der Waals surface area contributed by atoms with Gasteiger partial charge in [-0.15, -0.1) is 0 Å². The van der Waals surface area contributed by atoms with Crippen LogP contribution in [0, 0.1) is 5.92 Å². The highest BCUT2D eigenvalue weighted by Gasteiger charge is 2.44. The molecular weight excluding hydrogens is 432 g/mol. The molecule has 1 aromatic rings. The summed E-state index contributed by atoms with van der Waals surface area (Å²) in [7, 11) is -0.548. The van der Waals surface area contributed by atoms with Crippen LogP contribution in [0.1, 0.15) is 32.8 Å². The lowest BCUT2D eigenvalue weighted by Crippen LogP contribution is -2.35. The number of amides is 1. The zero-order valence-electron chi connectivity index (χ0n) is 14.2. The molecule has 1 aromatic carbocycles. The van der Waals surface area contributed by atoms with Gasteiger partial charge in [-0.3, -0.25) is 5.32 Å². The van der Waals surface area contributed by atoms with E-state index in [0.29, 0.717) is 28.3 Å². The molecule has 9 heteroatoms. The molecule has 136 valence electrons. The standard InChI is InChI=1S/C16H19BBrCl2NO4/c1-16(2,3)24-15(22)21-14-10(19)4-9-7-23-17(12(9)13(14)20)25-11-5-8(11)6-18/h4,8,11H,5-7H2,1-3H3,(H,21,22). The molecule has 1 aliphatic heterocycles. The maximum absolute atomic E-state index is 12.1. The van der Waals surface area contributed by atoms with Gasteiger partial charge >= 0.3 is 13.2 Å². The summed E-state index contributed by atoms with van der Waals surface area (Å²) in [5.41, 5.74) is 1.27. The molecule has 2 atom stereocenters. The van der Waals surface area contributed by atoms with Gasteiger partial charge in [0, 0.05) is 16.9 Å². The van der Waals surface area contributed by atoms with Gasteiger partial charge in [0.1, 0.15) is 5.60 Å². The molecule has 5 nitrogen and oxygen atoms in total. The van der Waals surface area contributed by atoms with Crippen LogP contribution < -0.4 is 10.8 Å². The van der Waals surface area contributed by atoms with Crippen molar-refractivity contribution in [2.45, 2.75) is 45.5 Å². The minimum atomic E-state index is -0.620. The molecule has 1 aliphatic carbocycles. The fraction of sp³-hybridized carbons (Fsp3) is 0.562. The lowest BCUT2D eigenvalue weighted by Gasteiger charge is -2.21. The molecule has 0 spiro atoms. The van der Waals surface area contributed by atoms with E-state index in [1.54, 1.807) is 26.8 Å². The molecule has 1 saturated carbocycles. The summed E-state index contributed by atoms with van der Waals surface area (Å²) < 4.78 is 17.0. The minimum Gasteiger partial charge on any atom is -0.444 e. The first-order chi connectivity index (χ1) is 11.7. The summed E-state index contributed by atoms with van der Waals surface area (Å²) in [6.45, 7) is 5.72. The number of ether oxygens (including phenoxy) is 1. The predicted molar refractivity (Wildman–Crippen MR) is 103 cm³/mol. The predicted octanol–water partition coefficient (Wildman–Crippen LogP) is 4.37. The summed E-state index contributed by atoms with van der Waals surface area (Å²) in [6, 6.07) is 1.74. The van der Waals surface area contributed by atoms with Gasteiger partial charge < -0.3 is 14.0 Å². The van der Waals surface area contributed by atoms with E-state index in [9.17, 15) is 4.79 Å². The van der Waals surface area contributed by atoms with Gasteiger partial charge in [0.25, 0.3) is 0 Å². The zero-order chi connectivity index (χ0) is 18.4. The second-order valence-corrected chi connectivity index (χ2v) is 8.65. The Hall–Kier alpha value is -0.465. The second-order valence-electron chi connectivity index (χ2n) is 7.21. The van der Waals surface area contributed by atoms with Crippen LogP contribution in [0.5, 0.6) is 0 Å². The normalized spacial score (nSPS) is 21.9. The van der Waals surface area contributed by atoms with Crippen LogP contribution in [0.25, 0.3) is 0 Å². The van der Waals surface area contributed by atoms with Gasteiger partial charge in [-0.2, -0.15) is 0 Å². The van der Waals surface area contributed by atoms with E-state index in [2.05, 4.69) is 21.2 Å². The Morgan fingerprint density at radius 2 is 2.20 bits per heavy atom. The van der Waals surface area contributed by atoms with E-state index in [1.807, 2.05) is 0 Å². The summed E-state index contributed by atoms with van der Waals surface area (Å²) >= 11 is 16.3. The van der Waals surface area contributed by atoms with Crippen LogP contribution in [0.2, 0.25) is 10.0 Å². The Morgan fingerprint density at radius 1 is 1.48 bits per heavy atom. The van der Waals surface area contributed by atoms with Crippen LogP contribution in [-0.4, -0.2) is 30.2 Å². The molecule has 1 fully saturated rings. The number of hydrogen-bond acceptors (Lipinski definition) is 4. The number of nitrogens with one attached hydrogen (secondary N) is 1. The number of carbonyl (C=O) groups excluding carboxylic acids is 1. The van der Waals surface area contributed by atoms with Crippen molar-refractivity contribution in [2.75, 3.05) is 10.6 Å². The van der Waals surface area contributed by atoms with Gasteiger partial charge in [0.2, 0.25) is 0 Å². The number of halogens is 3. The van der Waals surface area contributed by atoms with Crippen molar-refractivity contribution in [1.29, 1.82) is 0 Å². The van der Waals surface area contributed by atoms with E-state index in [-0.39, 0.29) is 6.10 Å². The second kappa shape index (κ2) is 7.27. The van der Waals surface area contributed by atoms with E-state index < -0.39 is 18.8 Å². The fourth-order valence-corrected chi connectivity index (χ4v) is 4.00. The van der Waals surface area contributed by atoms with Crippen LogP contribution in [0.15, 0.2) is 6.07 Å². The topological polar surface area (TPSA) is 56.8 Å². The summed E-state index contributed by atoms with van der Waals surface area (Å²) in [5.74, 6) is 0.498. The van der Waals surface area contributed by atoms with Gasteiger partial charge in [-0.05, 0) is 44.7 Å².